The molecule has 0 radical (unpaired) electrons. The molecule has 0 fully saturated rings. The van der Waals surface area contributed by atoms with E-state index in [0.29, 0.717) is 21.8 Å². The Hall–Kier alpha value is -2.91. The summed E-state index contributed by atoms with van der Waals surface area (Å²) in [6.45, 7) is 0. The van der Waals surface area contributed by atoms with Crippen molar-refractivity contribution >= 4 is 40.2 Å². The van der Waals surface area contributed by atoms with Crippen LogP contribution in [0.3, 0.4) is 0 Å². The Morgan fingerprint density at radius 3 is 2.61 bits per heavy atom. The summed E-state index contributed by atoms with van der Waals surface area (Å²) in [6.07, 6.45) is 8.32. The summed E-state index contributed by atoms with van der Waals surface area (Å²) in [7, 11) is 3.17. The Balaban J connectivity index is 1.66. The van der Waals surface area contributed by atoms with Crippen LogP contribution in [0.1, 0.15) is 5.56 Å². The van der Waals surface area contributed by atoms with Crippen LogP contribution in [0.15, 0.2) is 47.2 Å². The summed E-state index contributed by atoms with van der Waals surface area (Å²) < 4.78 is 10.6. The predicted octanol–water partition coefficient (Wildman–Crippen LogP) is 3.99. The van der Waals surface area contributed by atoms with Crippen LogP contribution in [0.25, 0.3) is 17.3 Å². The maximum absolute atomic E-state index is 12.1. The lowest BCUT2D eigenvalue weighted by Gasteiger charge is -2.08. The van der Waals surface area contributed by atoms with Crippen molar-refractivity contribution in [2.24, 2.45) is 0 Å². The molecule has 2 heterocycles. The molecule has 0 spiro atoms. The highest BCUT2D eigenvalue weighted by molar-refractivity contribution is 7.98. The average molecular weight is 415 g/mol. The van der Waals surface area contributed by atoms with Crippen LogP contribution in [0.4, 0.5) is 5.13 Å². The van der Waals surface area contributed by atoms with E-state index in [0.717, 1.165) is 16.8 Å². The quantitative estimate of drug-likeness (QED) is 0.355. The lowest BCUT2D eigenvalue weighted by molar-refractivity contribution is -0.111. The number of methoxy groups -OCH3 is 2. The number of thioether (sulfide) groups is 1. The van der Waals surface area contributed by atoms with Gasteiger partial charge in [0.25, 0.3) is 0 Å². The van der Waals surface area contributed by atoms with Crippen LogP contribution in [0.2, 0.25) is 0 Å². The fraction of sp³-hybridized carbons (Fsp3) is 0.158. The lowest BCUT2D eigenvalue weighted by atomic mass is 10.1. The van der Waals surface area contributed by atoms with Crippen molar-refractivity contribution < 1.29 is 14.3 Å². The van der Waals surface area contributed by atoms with Crippen molar-refractivity contribution in [2.45, 2.75) is 5.16 Å². The van der Waals surface area contributed by atoms with Crippen LogP contribution >= 0.6 is 23.1 Å². The van der Waals surface area contributed by atoms with E-state index in [1.54, 1.807) is 32.7 Å². The summed E-state index contributed by atoms with van der Waals surface area (Å²) in [4.78, 5) is 24.9. The molecule has 0 aliphatic carbocycles. The van der Waals surface area contributed by atoms with Crippen molar-refractivity contribution in [1.82, 2.24) is 15.0 Å². The number of anilines is 1. The van der Waals surface area contributed by atoms with Gasteiger partial charge in [0.1, 0.15) is 0 Å². The first-order chi connectivity index (χ1) is 13.6. The largest absolute Gasteiger partial charge is 0.493 e. The highest BCUT2D eigenvalue weighted by atomic mass is 32.2. The number of hydrogen-bond donors (Lipinski definition) is 1. The number of thiazole rings is 1. The number of aromatic nitrogens is 3. The van der Waals surface area contributed by atoms with Gasteiger partial charge >= 0.3 is 0 Å². The minimum atomic E-state index is -0.276. The first-order valence-corrected chi connectivity index (χ1v) is 10.3. The molecule has 1 aromatic carbocycles. The molecule has 1 amide bonds. The second-order valence-electron chi connectivity index (χ2n) is 5.43. The van der Waals surface area contributed by atoms with Gasteiger partial charge in [0.2, 0.25) is 5.91 Å². The van der Waals surface area contributed by atoms with E-state index in [1.807, 2.05) is 29.8 Å². The van der Waals surface area contributed by atoms with Gasteiger partial charge in [0, 0.05) is 35.0 Å². The minimum Gasteiger partial charge on any atom is -0.493 e. The zero-order valence-corrected chi connectivity index (χ0v) is 17.1. The second kappa shape index (κ2) is 9.34. The first kappa shape index (κ1) is 19.8. The van der Waals surface area contributed by atoms with Crippen LogP contribution in [0.5, 0.6) is 11.5 Å². The molecule has 0 atom stereocenters. The van der Waals surface area contributed by atoms with Gasteiger partial charge in [0.05, 0.1) is 19.9 Å². The van der Waals surface area contributed by atoms with Crippen LogP contribution < -0.4 is 14.8 Å². The zero-order valence-electron chi connectivity index (χ0n) is 15.5. The molecule has 0 saturated carbocycles. The number of ether oxygens (including phenoxy) is 2. The van der Waals surface area contributed by atoms with Gasteiger partial charge in [-0.1, -0.05) is 11.8 Å². The molecule has 9 heteroatoms. The number of rotatable bonds is 7. The zero-order chi connectivity index (χ0) is 19.9. The molecular formula is C19H18N4O3S2. The molecule has 3 rings (SSSR count). The topological polar surface area (TPSA) is 86.2 Å². The summed E-state index contributed by atoms with van der Waals surface area (Å²) in [5, 5.41) is 5.82. The molecule has 144 valence electrons. The molecule has 0 unspecified atom stereocenters. The smallest absolute Gasteiger partial charge is 0.250 e. The van der Waals surface area contributed by atoms with E-state index < -0.39 is 0 Å². The summed E-state index contributed by atoms with van der Waals surface area (Å²) in [5.41, 5.74) is 2.36. The van der Waals surface area contributed by atoms with Gasteiger partial charge in [-0.3, -0.25) is 10.1 Å². The predicted molar refractivity (Wildman–Crippen MR) is 112 cm³/mol. The Kier molecular flexibility index (Phi) is 6.62. The van der Waals surface area contributed by atoms with Crippen LogP contribution in [-0.2, 0) is 4.79 Å². The number of benzene rings is 1. The molecule has 0 bridgehead atoms. The van der Waals surface area contributed by atoms with E-state index in [2.05, 4.69) is 20.3 Å². The van der Waals surface area contributed by atoms with Gasteiger partial charge in [-0.25, -0.2) is 15.0 Å². The molecule has 0 saturated heterocycles. The molecule has 0 aliphatic rings. The molecule has 7 nitrogen and oxygen atoms in total. The molecule has 28 heavy (non-hydrogen) atoms. The van der Waals surface area contributed by atoms with Crippen molar-refractivity contribution in [1.29, 1.82) is 0 Å². The monoisotopic (exact) mass is 414 g/mol. The van der Waals surface area contributed by atoms with Gasteiger partial charge in [-0.2, -0.15) is 0 Å². The number of amides is 1. The van der Waals surface area contributed by atoms with E-state index in [9.17, 15) is 4.79 Å². The Bertz CT molecular complexity index is 987. The normalized spacial score (nSPS) is 10.8. The minimum absolute atomic E-state index is 0.276. The Labute approximate surface area is 170 Å². The maximum Gasteiger partial charge on any atom is 0.250 e. The highest BCUT2D eigenvalue weighted by Gasteiger charge is 2.10. The SMILES string of the molecule is COc1ccc(-c2csc(NC(=O)C=Cc3cnc(SC)nc3)n2)cc1OC. The fourth-order valence-corrected chi connectivity index (χ4v) is 3.33. The Morgan fingerprint density at radius 2 is 1.93 bits per heavy atom. The third kappa shape index (κ3) is 4.87. The van der Waals surface area contributed by atoms with E-state index in [1.165, 1.54) is 29.2 Å². The molecular weight excluding hydrogens is 396 g/mol. The number of carbonyl (C=O) groups is 1. The molecule has 1 N–H and O–H groups in total. The fourth-order valence-electron chi connectivity index (χ4n) is 2.30. The average Bonchev–Trinajstić information content (AvgIpc) is 3.20. The van der Waals surface area contributed by atoms with Gasteiger partial charge in [-0.05, 0) is 30.5 Å². The molecule has 0 aliphatic heterocycles. The van der Waals surface area contributed by atoms with Gasteiger partial charge in [0.15, 0.2) is 21.8 Å². The standard InChI is InChI=1S/C19H18N4O3S2/c1-25-15-6-5-13(8-16(15)26-2)14-11-28-19(22-14)23-17(24)7-4-12-9-20-18(27-3)21-10-12/h4-11H,1-3H3,(H,22,23,24). The third-order valence-electron chi connectivity index (χ3n) is 3.67. The van der Waals surface area contributed by atoms with Crippen molar-refractivity contribution in [3.63, 3.8) is 0 Å². The highest BCUT2D eigenvalue weighted by Crippen LogP contribution is 2.33. The molecule has 3 aromatic rings. The van der Waals surface area contributed by atoms with Gasteiger partial charge in [-0.15, -0.1) is 11.3 Å². The van der Waals surface area contributed by atoms with E-state index in [4.69, 9.17) is 9.47 Å². The van der Waals surface area contributed by atoms with Crippen molar-refractivity contribution in [3.05, 3.63) is 47.6 Å². The van der Waals surface area contributed by atoms with Crippen molar-refractivity contribution in [3.8, 4) is 22.8 Å². The lowest BCUT2D eigenvalue weighted by Crippen LogP contribution is -2.07. The maximum atomic E-state index is 12.1. The number of nitrogens with one attached hydrogen (secondary N) is 1. The number of carbonyl (C=O) groups excluding carboxylic acids is 1. The van der Waals surface area contributed by atoms with E-state index in [-0.39, 0.29) is 5.91 Å². The van der Waals surface area contributed by atoms with Crippen LogP contribution in [-0.4, -0.2) is 41.3 Å². The third-order valence-corrected chi connectivity index (χ3v) is 5.01. The summed E-state index contributed by atoms with van der Waals surface area (Å²) >= 11 is 2.81. The number of nitrogens with zero attached hydrogens (tertiary/aromatic N) is 3. The van der Waals surface area contributed by atoms with E-state index >= 15 is 0 Å². The number of hydrogen-bond acceptors (Lipinski definition) is 8. The van der Waals surface area contributed by atoms with Crippen molar-refractivity contribution in [2.75, 3.05) is 25.8 Å². The second-order valence-corrected chi connectivity index (χ2v) is 7.06. The van der Waals surface area contributed by atoms with Gasteiger partial charge < -0.3 is 9.47 Å². The summed E-state index contributed by atoms with van der Waals surface area (Å²) in [5.74, 6) is 0.994. The summed E-state index contributed by atoms with van der Waals surface area (Å²) in [6, 6.07) is 5.55. The van der Waals surface area contributed by atoms with Crippen LogP contribution in [0, 0.1) is 0 Å². The molecule has 2 aromatic heterocycles. The first-order valence-electron chi connectivity index (χ1n) is 8.16. The Morgan fingerprint density at radius 1 is 1.18 bits per heavy atom.